The fraction of sp³-hybridized carbons (Fsp3) is 0.0286. The molecule has 0 N–H and O–H groups in total. The number of ketones is 1. The highest BCUT2D eigenvalue weighted by Gasteiger charge is 2.20. The lowest BCUT2D eigenvalue weighted by molar-refractivity contribution is 0.102. The highest BCUT2D eigenvalue weighted by molar-refractivity contribution is 6.07. The van der Waals surface area contributed by atoms with E-state index in [0.717, 1.165) is 33.5 Å². The van der Waals surface area contributed by atoms with E-state index in [2.05, 4.69) is 65.6 Å². The first-order valence-electron chi connectivity index (χ1n) is 12.7. The zero-order chi connectivity index (χ0) is 25.7. The van der Waals surface area contributed by atoms with E-state index in [1.165, 1.54) is 5.56 Å². The van der Waals surface area contributed by atoms with Gasteiger partial charge in [0.15, 0.2) is 5.82 Å². The van der Waals surface area contributed by atoms with Crippen LogP contribution in [0.25, 0.3) is 33.5 Å². The summed E-state index contributed by atoms with van der Waals surface area (Å²) in [4.78, 5) is 18.3. The van der Waals surface area contributed by atoms with E-state index in [9.17, 15) is 4.79 Å². The molecule has 6 aromatic rings. The summed E-state index contributed by atoms with van der Waals surface area (Å²) in [6.07, 6.45) is 1.81. The van der Waals surface area contributed by atoms with Gasteiger partial charge in [0.2, 0.25) is 5.78 Å². The number of hydrogen-bond donors (Lipinski definition) is 0. The first kappa shape index (κ1) is 23.4. The summed E-state index contributed by atoms with van der Waals surface area (Å²) in [6, 6.07) is 46.9. The van der Waals surface area contributed by atoms with Gasteiger partial charge in [-0.2, -0.15) is 0 Å². The molecule has 3 heteroatoms. The molecule has 182 valence electrons. The molecule has 38 heavy (non-hydrogen) atoms. The van der Waals surface area contributed by atoms with Gasteiger partial charge >= 0.3 is 0 Å². The molecule has 1 aromatic heterocycles. The van der Waals surface area contributed by atoms with Crippen molar-refractivity contribution in [2.24, 2.45) is 0 Å². The predicted molar refractivity (Wildman–Crippen MR) is 154 cm³/mol. The highest BCUT2D eigenvalue weighted by atomic mass is 16.1. The Hall–Kier alpha value is -5.02. The predicted octanol–water partition coefficient (Wildman–Crippen LogP) is 8.16. The van der Waals surface area contributed by atoms with E-state index in [1.54, 1.807) is 0 Å². The van der Waals surface area contributed by atoms with Crippen molar-refractivity contribution < 1.29 is 4.79 Å². The minimum atomic E-state index is -0.0901. The van der Waals surface area contributed by atoms with Crippen LogP contribution in [0.15, 0.2) is 146 Å². The molecule has 0 aliphatic rings. The molecule has 0 saturated carbocycles. The van der Waals surface area contributed by atoms with Crippen molar-refractivity contribution in [1.82, 2.24) is 9.55 Å². The van der Waals surface area contributed by atoms with Crippen molar-refractivity contribution in [2.45, 2.75) is 6.54 Å². The summed E-state index contributed by atoms with van der Waals surface area (Å²) in [5, 5.41) is 0. The van der Waals surface area contributed by atoms with Crippen LogP contribution >= 0.6 is 0 Å². The maximum Gasteiger partial charge on any atom is 0.228 e. The molecule has 0 spiro atoms. The summed E-state index contributed by atoms with van der Waals surface area (Å²) in [5.41, 5.74) is 8.19. The van der Waals surface area contributed by atoms with Gasteiger partial charge in [-0.05, 0) is 33.4 Å². The zero-order valence-corrected chi connectivity index (χ0v) is 20.9. The van der Waals surface area contributed by atoms with Crippen LogP contribution < -0.4 is 0 Å². The number of carbonyl (C=O) groups is 1. The van der Waals surface area contributed by atoms with Gasteiger partial charge in [-0.1, -0.05) is 140 Å². The Morgan fingerprint density at radius 3 is 1.53 bits per heavy atom. The van der Waals surface area contributed by atoms with Gasteiger partial charge in [0.1, 0.15) is 0 Å². The molecule has 0 fully saturated rings. The lowest BCUT2D eigenvalue weighted by atomic mass is 10.0. The minimum Gasteiger partial charge on any atom is -0.317 e. The van der Waals surface area contributed by atoms with E-state index >= 15 is 0 Å². The summed E-state index contributed by atoms with van der Waals surface area (Å²) < 4.78 is 2.03. The van der Waals surface area contributed by atoms with E-state index in [-0.39, 0.29) is 5.78 Å². The van der Waals surface area contributed by atoms with Gasteiger partial charge in [0.25, 0.3) is 0 Å². The third-order valence-electron chi connectivity index (χ3n) is 6.78. The third kappa shape index (κ3) is 4.82. The zero-order valence-electron chi connectivity index (χ0n) is 20.9. The van der Waals surface area contributed by atoms with Gasteiger partial charge in [0, 0.05) is 12.1 Å². The molecule has 0 radical (unpaired) electrons. The number of hydrogen-bond acceptors (Lipinski definition) is 2. The van der Waals surface area contributed by atoms with E-state index < -0.39 is 0 Å². The van der Waals surface area contributed by atoms with Gasteiger partial charge in [0.05, 0.1) is 11.9 Å². The standard InChI is InChI=1S/C35H26N2O/c38-34(32-22-18-30(19-23-32)28-14-8-3-9-15-28)35-36-24-33(37(35)25-26-10-4-1-5-11-26)31-20-16-29(17-21-31)27-12-6-2-7-13-27/h1-24H,25H2. The number of carbonyl (C=O) groups excluding carboxylic acids is 1. The smallest absolute Gasteiger partial charge is 0.228 e. The second kappa shape index (κ2) is 10.5. The van der Waals surface area contributed by atoms with Crippen LogP contribution in [0.2, 0.25) is 0 Å². The quantitative estimate of drug-likeness (QED) is 0.212. The molecule has 1 heterocycles. The number of aromatic nitrogens is 2. The maximum absolute atomic E-state index is 13.7. The van der Waals surface area contributed by atoms with Crippen LogP contribution in [-0.2, 0) is 6.54 Å². The Kier molecular flexibility index (Phi) is 6.48. The number of benzene rings is 5. The Morgan fingerprint density at radius 1 is 0.526 bits per heavy atom. The van der Waals surface area contributed by atoms with Crippen molar-refractivity contribution >= 4 is 5.78 Å². The van der Waals surface area contributed by atoms with Crippen molar-refractivity contribution in [3.05, 3.63) is 163 Å². The fourth-order valence-corrected chi connectivity index (χ4v) is 4.75. The molecular formula is C35H26N2O. The van der Waals surface area contributed by atoms with Crippen LogP contribution in [-0.4, -0.2) is 15.3 Å². The lowest BCUT2D eigenvalue weighted by Crippen LogP contribution is -2.13. The Balaban J connectivity index is 1.36. The summed E-state index contributed by atoms with van der Waals surface area (Å²) in [6.45, 7) is 0.555. The monoisotopic (exact) mass is 490 g/mol. The normalized spacial score (nSPS) is 10.8. The number of rotatable bonds is 7. The molecule has 0 atom stereocenters. The Bertz CT molecular complexity index is 1650. The van der Waals surface area contributed by atoms with E-state index in [1.807, 2.05) is 89.6 Å². The molecule has 0 aliphatic heterocycles. The Morgan fingerprint density at radius 2 is 0.974 bits per heavy atom. The number of imidazole rings is 1. The summed E-state index contributed by atoms with van der Waals surface area (Å²) in [7, 11) is 0. The summed E-state index contributed by atoms with van der Waals surface area (Å²) in [5.74, 6) is 0.344. The molecule has 0 amide bonds. The van der Waals surface area contributed by atoms with Gasteiger partial charge in [-0.15, -0.1) is 0 Å². The summed E-state index contributed by atoms with van der Waals surface area (Å²) >= 11 is 0. The number of nitrogens with zero attached hydrogens (tertiary/aromatic N) is 2. The first-order chi connectivity index (χ1) is 18.8. The van der Waals surface area contributed by atoms with Crippen molar-refractivity contribution in [3.8, 4) is 33.5 Å². The molecule has 0 bridgehead atoms. The average molecular weight is 491 g/mol. The van der Waals surface area contributed by atoms with E-state index in [4.69, 9.17) is 0 Å². The van der Waals surface area contributed by atoms with Gasteiger partial charge in [-0.25, -0.2) is 4.98 Å². The highest BCUT2D eigenvalue weighted by Crippen LogP contribution is 2.28. The van der Waals surface area contributed by atoms with Crippen LogP contribution in [0, 0.1) is 0 Å². The van der Waals surface area contributed by atoms with Crippen molar-refractivity contribution in [3.63, 3.8) is 0 Å². The second-order valence-electron chi connectivity index (χ2n) is 9.25. The molecule has 0 aliphatic carbocycles. The van der Waals surface area contributed by atoms with Crippen LogP contribution in [0.4, 0.5) is 0 Å². The minimum absolute atomic E-state index is 0.0901. The molecule has 0 saturated heterocycles. The molecule has 3 nitrogen and oxygen atoms in total. The fourth-order valence-electron chi connectivity index (χ4n) is 4.75. The topological polar surface area (TPSA) is 34.9 Å². The van der Waals surface area contributed by atoms with Crippen LogP contribution in [0.1, 0.15) is 21.7 Å². The van der Waals surface area contributed by atoms with Crippen LogP contribution in [0.3, 0.4) is 0 Å². The first-order valence-corrected chi connectivity index (χ1v) is 12.7. The SMILES string of the molecule is O=C(c1ccc(-c2ccccc2)cc1)c1ncc(-c2ccc(-c3ccccc3)cc2)n1Cc1ccccc1. The third-order valence-corrected chi connectivity index (χ3v) is 6.78. The average Bonchev–Trinajstić information content (AvgIpc) is 3.41. The molecule has 5 aromatic carbocycles. The molecule has 6 rings (SSSR count). The van der Waals surface area contributed by atoms with Crippen molar-refractivity contribution in [2.75, 3.05) is 0 Å². The maximum atomic E-state index is 13.7. The lowest BCUT2D eigenvalue weighted by Gasteiger charge is -2.13. The molecule has 0 unspecified atom stereocenters. The van der Waals surface area contributed by atoms with Gasteiger partial charge < -0.3 is 4.57 Å². The van der Waals surface area contributed by atoms with E-state index in [0.29, 0.717) is 17.9 Å². The van der Waals surface area contributed by atoms with Crippen LogP contribution in [0.5, 0.6) is 0 Å². The largest absolute Gasteiger partial charge is 0.317 e. The van der Waals surface area contributed by atoms with Crippen molar-refractivity contribution in [1.29, 1.82) is 0 Å². The Labute approximate surface area is 222 Å². The second-order valence-corrected chi connectivity index (χ2v) is 9.25. The molecular weight excluding hydrogens is 464 g/mol. The van der Waals surface area contributed by atoms with Gasteiger partial charge in [-0.3, -0.25) is 4.79 Å².